The quantitative estimate of drug-likeness (QED) is 0.859. The fourth-order valence-corrected chi connectivity index (χ4v) is 2.70. The minimum absolute atomic E-state index is 0.0222. The predicted molar refractivity (Wildman–Crippen MR) is 78.1 cm³/mol. The van der Waals surface area contributed by atoms with Crippen LogP contribution in [0.4, 0.5) is 0 Å². The van der Waals surface area contributed by atoms with Crippen molar-refractivity contribution in [3.63, 3.8) is 0 Å². The number of aliphatic hydroxyl groups excluding tert-OH is 1. The summed E-state index contributed by atoms with van der Waals surface area (Å²) in [6.07, 6.45) is 1.37. The van der Waals surface area contributed by atoms with E-state index in [4.69, 9.17) is 21.2 Å². The highest BCUT2D eigenvalue weighted by atomic mass is 35.5. The fourth-order valence-electron chi connectivity index (χ4n) is 1.71. The van der Waals surface area contributed by atoms with Gasteiger partial charge in [-0.3, -0.25) is 4.79 Å². The topological polar surface area (TPSA) is 75.4 Å². The van der Waals surface area contributed by atoms with Crippen LogP contribution in [0, 0.1) is 0 Å². The van der Waals surface area contributed by atoms with E-state index in [-0.39, 0.29) is 24.2 Å². The minimum Gasteiger partial charge on any atom is -0.396 e. The van der Waals surface area contributed by atoms with Crippen molar-refractivity contribution in [2.45, 2.75) is 25.8 Å². The van der Waals surface area contributed by atoms with Crippen molar-refractivity contribution < 1.29 is 14.4 Å². The van der Waals surface area contributed by atoms with Crippen molar-refractivity contribution in [1.82, 2.24) is 10.5 Å². The maximum absolute atomic E-state index is 11.9. The number of hydrogen-bond donors (Lipinski definition) is 2. The lowest BCUT2D eigenvalue weighted by molar-refractivity contribution is 0.0927. The first-order chi connectivity index (χ1) is 9.60. The third-order valence-electron chi connectivity index (χ3n) is 2.73. The van der Waals surface area contributed by atoms with Crippen molar-refractivity contribution in [2.75, 3.05) is 6.61 Å². The van der Waals surface area contributed by atoms with Crippen molar-refractivity contribution >= 4 is 28.8 Å². The van der Waals surface area contributed by atoms with E-state index in [2.05, 4.69) is 10.5 Å². The number of carbonyl (C=O) groups is 1. The molecule has 2 rings (SSSR count). The summed E-state index contributed by atoms with van der Waals surface area (Å²) in [5, 5.41) is 15.3. The fraction of sp³-hybridized carbons (Fsp3) is 0.385. The molecule has 0 aliphatic heterocycles. The number of aliphatic hydroxyl groups is 1. The third kappa shape index (κ3) is 3.82. The number of amides is 1. The van der Waals surface area contributed by atoms with E-state index in [0.717, 1.165) is 4.88 Å². The number of hydrogen-bond acceptors (Lipinski definition) is 5. The van der Waals surface area contributed by atoms with Gasteiger partial charge in [0.1, 0.15) is 0 Å². The maximum Gasteiger partial charge on any atom is 0.273 e. The van der Waals surface area contributed by atoms with E-state index in [1.165, 1.54) is 11.3 Å². The van der Waals surface area contributed by atoms with E-state index in [1.54, 1.807) is 12.1 Å². The third-order valence-corrected chi connectivity index (χ3v) is 3.98. The zero-order chi connectivity index (χ0) is 14.5. The Morgan fingerprint density at radius 2 is 2.40 bits per heavy atom. The Morgan fingerprint density at radius 3 is 3.05 bits per heavy atom. The van der Waals surface area contributed by atoms with Gasteiger partial charge in [0.15, 0.2) is 11.5 Å². The molecule has 0 spiro atoms. The van der Waals surface area contributed by atoms with Gasteiger partial charge in [0.05, 0.1) is 9.21 Å². The van der Waals surface area contributed by atoms with Gasteiger partial charge < -0.3 is 14.9 Å². The van der Waals surface area contributed by atoms with Crippen LogP contribution < -0.4 is 5.32 Å². The summed E-state index contributed by atoms with van der Waals surface area (Å²) in [6, 6.07) is 5.15. The van der Waals surface area contributed by atoms with E-state index < -0.39 is 0 Å². The zero-order valence-corrected chi connectivity index (χ0v) is 12.5. The molecule has 1 atom stereocenters. The Hall–Kier alpha value is -1.37. The number of thiophene rings is 1. The summed E-state index contributed by atoms with van der Waals surface area (Å²) >= 11 is 7.22. The number of halogens is 1. The monoisotopic (exact) mass is 314 g/mol. The Kier molecular flexibility index (Phi) is 5.17. The summed E-state index contributed by atoms with van der Waals surface area (Å²) in [4.78, 5) is 12.8. The van der Waals surface area contributed by atoms with Crippen molar-refractivity contribution in [3.8, 4) is 10.6 Å². The molecule has 0 aromatic carbocycles. The molecule has 1 unspecified atom stereocenters. The second-order valence-electron chi connectivity index (χ2n) is 4.42. The van der Waals surface area contributed by atoms with Crippen LogP contribution in [0.3, 0.4) is 0 Å². The summed E-state index contributed by atoms with van der Waals surface area (Å²) in [5.41, 5.74) is 0.236. The van der Waals surface area contributed by atoms with Crippen molar-refractivity contribution in [2.24, 2.45) is 0 Å². The van der Waals surface area contributed by atoms with Crippen LogP contribution >= 0.6 is 22.9 Å². The molecule has 7 heteroatoms. The Labute approximate surface area is 125 Å². The van der Waals surface area contributed by atoms with Crippen LogP contribution in [0.1, 0.15) is 30.3 Å². The van der Waals surface area contributed by atoms with E-state index in [9.17, 15) is 4.79 Å². The molecule has 2 heterocycles. The molecule has 0 bridgehead atoms. The average molecular weight is 315 g/mol. The van der Waals surface area contributed by atoms with Gasteiger partial charge in [-0.15, -0.1) is 11.3 Å². The molecule has 0 fully saturated rings. The second kappa shape index (κ2) is 6.88. The first kappa shape index (κ1) is 15.0. The lowest BCUT2D eigenvalue weighted by Crippen LogP contribution is -2.32. The van der Waals surface area contributed by atoms with Gasteiger partial charge in [-0.1, -0.05) is 16.8 Å². The van der Waals surface area contributed by atoms with E-state index >= 15 is 0 Å². The van der Waals surface area contributed by atoms with Gasteiger partial charge in [-0.05, 0) is 31.9 Å². The first-order valence-electron chi connectivity index (χ1n) is 6.24. The number of rotatable bonds is 6. The predicted octanol–water partition coefficient (Wildman–Crippen LogP) is 2.95. The molecule has 20 heavy (non-hydrogen) atoms. The normalized spacial score (nSPS) is 12.3. The van der Waals surface area contributed by atoms with Gasteiger partial charge in [-0.25, -0.2) is 0 Å². The summed E-state index contributed by atoms with van der Waals surface area (Å²) in [5.74, 6) is 0.239. The van der Waals surface area contributed by atoms with Crippen LogP contribution in [0.15, 0.2) is 22.7 Å². The number of nitrogens with zero attached hydrogens (tertiary/aromatic N) is 1. The molecule has 2 N–H and O–H groups in total. The lowest BCUT2D eigenvalue weighted by atomic mass is 10.2. The largest absolute Gasteiger partial charge is 0.396 e. The Bertz CT molecular complexity index is 582. The maximum atomic E-state index is 11.9. The van der Waals surface area contributed by atoms with Crippen LogP contribution in [0.5, 0.6) is 0 Å². The van der Waals surface area contributed by atoms with Gasteiger partial charge in [0.25, 0.3) is 5.91 Å². The standard InChI is InChI=1S/C13H15ClN2O3S/c1-8(3-2-6-17)15-13(18)9-7-10(19-16-9)11-4-5-12(14)20-11/h4-5,7-8,17H,2-3,6H2,1H3,(H,15,18). The lowest BCUT2D eigenvalue weighted by Gasteiger charge is -2.11. The highest BCUT2D eigenvalue weighted by Crippen LogP contribution is 2.31. The van der Waals surface area contributed by atoms with Gasteiger partial charge in [0, 0.05) is 18.7 Å². The van der Waals surface area contributed by atoms with Crippen molar-refractivity contribution in [3.05, 3.63) is 28.2 Å². The summed E-state index contributed by atoms with van der Waals surface area (Å²) < 4.78 is 5.80. The van der Waals surface area contributed by atoms with Gasteiger partial charge in [-0.2, -0.15) is 0 Å². The molecule has 0 aliphatic carbocycles. The summed E-state index contributed by atoms with van der Waals surface area (Å²) in [7, 11) is 0. The van der Waals surface area contributed by atoms with E-state index in [1.807, 2.05) is 13.0 Å². The minimum atomic E-state index is -0.284. The molecule has 108 valence electrons. The van der Waals surface area contributed by atoms with Gasteiger partial charge in [0.2, 0.25) is 0 Å². The van der Waals surface area contributed by atoms with Crippen LogP contribution in [-0.2, 0) is 0 Å². The van der Waals surface area contributed by atoms with Crippen LogP contribution in [0.2, 0.25) is 4.34 Å². The number of carbonyl (C=O) groups excluding carboxylic acids is 1. The van der Waals surface area contributed by atoms with E-state index in [0.29, 0.717) is 22.9 Å². The molecule has 2 aromatic rings. The molecule has 0 aliphatic rings. The molecule has 1 amide bonds. The molecule has 0 radical (unpaired) electrons. The van der Waals surface area contributed by atoms with Crippen LogP contribution in [0.25, 0.3) is 10.6 Å². The number of aromatic nitrogens is 1. The van der Waals surface area contributed by atoms with Gasteiger partial charge >= 0.3 is 0 Å². The Balaban J connectivity index is 1.99. The molecule has 0 saturated carbocycles. The molecular weight excluding hydrogens is 300 g/mol. The summed E-state index contributed by atoms with van der Waals surface area (Å²) in [6.45, 7) is 2.00. The smallest absolute Gasteiger partial charge is 0.273 e. The molecule has 2 aromatic heterocycles. The second-order valence-corrected chi connectivity index (χ2v) is 6.14. The Morgan fingerprint density at radius 1 is 1.60 bits per heavy atom. The molecular formula is C13H15ClN2O3S. The zero-order valence-electron chi connectivity index (χ0n) is 10.9. The van der Waals surface area contributed by atoms with Crippen LogP contribution in [-0.4, -0.2) is 28.8 Å². The highest BCUT2D eigenvalue weighted by molar-refractivity contribution is 7.19. The number of nitrogens with one attached hydrogen (secondary N) is 1. The SMILES string of the molecule is CC(CCCO)NC(=O)c1cc(-c2ccc(Cl)s2)on1. The highest BCUT2D eigenvalue weighted by Gasteiger charge is 2.16. The molecule has 5 nitrogen and oxygen atoms in total. The first-order valence-corrected chi connectivity index (χ1v) is 7.43. The van der Waals surface area contributed by atoms with Crippen molar-refractivity contribution in [1.29, 1.82) is 0 Å². The molecule has 0 saturated heterocycles. The average Bonchev–Trinajstić information content (AvgIpc) is 3.04.